The van der Waals surface area contributed by atoms with Gasteiger partial charge in [-0.05, 0) is 46.2 Å². The Kier molecular flexibility index (Phi) is 9.92. The minimum absolute atomic E-state index is 0.474. The maximum Gasteiger partial charge on any atom is 0.322 e. The van der Waals surface area contributed by atoms with Crippen molar-refractivity contribution in [3.63, 3.8) is 0 Å². The number of carboxylic acids is 1. The number of carbonyl (C=O) groups is 1. The van der Waals surface area contributed by atoms with Gasteiger partial charge in [-0.3, -0.25) is 4.79 Å². The molecule has 0 bridgehead atoms. The van der Waals surface area contributed by atoms with E-state index in [1.807, 2.05) is 0 Å². The van der Waals surface area contributed by atoms with Crippen LogP contribution in [-0.4, -0.2) is 73.2 Å². The fraction of sp³-hybridized carbons (Fsp3) is 0.923. The third-order valence-corrected chi connectivity index (χ3v) is 3.38. The summed E-state index contributed by atoms with van der Waals surface area (Å²) in [7, 11) is 1.70. The molecule has 0 spiro atoms. The van der Waals surface area contributed by atoms with E-state index in [-0.39, 0.29) is 0 Å². The number of hydrogen-bond acceptors (Lipinski definition) is 4. The molecule has 0 saturated carbocycles. The second-order valence-electron chi connectivity index (χ2n) is 4.45. The van der Waals surface area contributed by atoms with Gasteiger partial charge >= 0.3 is 5.97 Å². The molecule has 0 aliphatic rings. The third kappa shape index (κ3) is 6.93. The maximum absolute atomic E-state index is 11.0. The van der Waals surface area contributed by atoms with E-state index in [1.54, 1.807) is 7.05 Å². The van der Waals surface area contributed by atoms with Crippen LogP contribution in [0.15, 0.2) is 0 Å². The molecule has 0 rings (SSSR count). The van der Waals surface area contributed by atoms with Crippen LogP contribution in [0.1, 0.15) is 27.2 Å². The van der Waals surface area contributed by atoms with Crippen molar-refractivity contribution in [3.8, 4) is 0 Å². The van der Waals surface area contributed by atoms with Crippen LogP contribution in [0.5, 0.6) is 0 Å². The molecule has 0 aromatic rings. The van der Waals surface area contributed by atoms with Gasteiger partial charge < -0.3 is 20.2 Å². The molecule has 5 heteroatoms. The Bertz CT molecular complexity index is 220. The SMILES string of the molecule is CCN(CC)CCCN(CC)CC(NC)C(=O)O. The largest absolute Gasteiger partial charge is 0.480 e. The van der Waals surface area contributed by atoms with E-state index in [2.05, 4.69) is 35.9 Å². The first-order valence-corrected chi connectivity index (χ1v) is 6.93. The predicted octanol–water partition coefficient (Wildman–Crippen LogP) is 0.713. The molecule has 0 radical (unpaired) electrons. The van der Waals surface area contributed by atoms with Gasteiger partial charge in [0.25, 0.3) is 0 Å². The fourth-order valence-electron chi connectivity index (χ4n) is 1.99. The Hall–Kier alpha value is -0.650. The molecule has 0 amide bonds. The summed E-state index contributed by atoms with van der Waals surface area (Å²) < 4.78 is 0. The predicted molar refractivity (Wildman–Crippen MR) is 75.0 cm³/mol. The molecular formula is C13H29N3O2. The van der Waals surface area contributed by atoms with Gasteiger partial charge in [-0.25, -0.2) is 0 Å². The van der Waals surface area contributed by atoms with Gasteiger partial charge in [-0.1, -0.05) is 20.8 Å². The van der Waals surface area contributed by atoms with Crippen LogP contribution in [0.2, 0.25) is 0 Å². The van der Waals surface area contributed by atoms with Gasteiger partial charge in [-0.2, -0.15) is 0 Å². The number of aliphatic carboxylic acids is 1. The van der Waals surface area contributed by atoms with Gasteiger partial charge in [0.1, 0.15) is 6.04 Å². The van der Waals surface area contributed by atoms with Crippen molar-refractivity contribution < 1.29 is 9.90 Å². The topological polar surface area (TPSA) is 55.8 Å². The number of carboxylic acid groups (broad SMARTS) is 1. The summed E-state index contributed by atoms with van der Waals surface area (Å²) in [5.41, 5.74) is 0. The normalized spacial score (nSPS) is 13.2. The van der Waals surface area contributed by atoms with Crippen molar-refractivity contribution in [2.75, 3.05) is 46.3 Å². The second kappa shape index (κ2) is 10.3. The molecule has 108 valence electrons. The van der Waals surface area contributed by atoms with E-state index in [9.17, 15) is 4.79 Å². The molecule has 0 aliphatic heterocycles. The van der Waals surface area contributed by atoms with Crippen LogP contribution in [0.3, 0.4) is 0 Å². The van der Waals surface area contributed by atoms with Crippen LogP contribution in [-0.2, 0) is 4.79 Å². The summed E-state index contributed by atoms with van der Waals surface area (Å²) in [5, 5.41) is 11.8. The molecule has 0 aromatic carbocycles. The first-order valence-electron chi connectivity index (χ1n) is 6.93. The van der Waals surface area contributed by atoms with Gasteiger partial charge in [-0.15, -0.1) is 0 Å². The molecule has 0 fully saturated rings. The molecule has 5 nitrogen and oxygen atoms in total. The molecule has 0 heterocycles. The molecule has 0 aromatic heterocycles. The number of nitrogens with one attached hydrogen (secondary N) is 1. The van der Waals surface area contributed by atoms with E-state index in [1.165, 1.54) is 0 Å². The van der Waals surface area contributed by atoms with Crippen LogP contribution in [0.25, 0.3) is 0 Å². The van der Waals surface area contributed by atoms with Crippen molar-refractivity contribution in [2.24, 2.45) is 0 Å². The van der Waals surface area contributed by atoms with Crippen molar-refractivity contribution >= 4 is 5.97 Å². The summed E-state index contributed by atoms with van der Waals surface area (Å²) in [6, 6.07) is -0.474. The average Bonchev–Trinajstić information content (AvgIpc) is 2.37. The Balaban J connectivity index is 3.99. The molecule has 1 atom stereocenters. The average molecular weight is 259 g/mol. The number of hydrogen-bond donors (Lipinski definition) is 2. The first-order chi connectivity index (χ1) is 8.58. The van der Waals surface area contributed by atoms with Gasteiger partial charge in [0.05, 0.1) is 0 Å². The van der Waals surface area contributed by atoms with Gasteiger partial charge in [0.2, 0.25) is 0 Å². The van der Waals surface area contributed by atoms with Crippen LogP contribution >= 0.6 is 0 Å². The van der Waals surface area contributed by atoms with Crippen molar-refractivity contribution in [1.29, 1.82) is 0 Å². The quantitative estimate of drug-likeness (QED) is 0.572. The highest BCUT2D eigenvalue weighted by Gasteiger charge is 2.17. The van der Waals surface area contributed by atoms with Crippen molar-refractivity contribution in [3.05, 3.63) is 0 Å². The smallest absolute Gasteiger partial charge is 0.322 e. The van der Waals surface area contributed by atoms with E-state index in [4.69, 9.17) is 5.11 Å². The summed E-state index contributed by atoms with van der Waals surface area (Å²) in [5.74, 6) is -0.778. The van der Waals surface area contributed by atoms with Crippen LogP contribution in [0.4, 0.5) is 0 Å². The summed E-state index contributed by atoms with van der Waals surface area (Å²) in [6.45, 7) is 12.1. The van der Waals surface area contributed by atoms with Crippen LogP contribution in [0, 0.1) is 0 Å². The zero-order valence-corrected chi connectivity index (χ0v) is 12.3. The molecule has 0 saturated heterocycles. The zero-order valence-electron chi connectivity index (χ0n) is 12.3. The van der Waals surface area contributed by atoms with E-state index in [0.717, 1.165) is 39.1 Å². The lowest BCUT2D eigenvalue weighted by Gasteiger charge is -2.25. The van der Waals surface area contributed by atoms with Crippen LogP contribution < -0.4 is 5.32 Å². The lowest BCUT2D eigenvalue weighted by atomic mass is 10.2. The lowest BCUT2D eigenvalue weighted by molar-refractivity contribution is -0.139. The Morgan fingerprint density at radius 3 is 2.00 bits per heavy atom. The fourth-order valence-corrected chi connectivity index (χ4v) is 1.99. The highest BCUT2D eigenvalue weighted by atomic mass is 16.4. The summed E-state index contributed by atoms with van der Waals surface area (Å²) in [6.07, 6.45) is 1.09. The lowest BCUT2D eigenvalue weighted by Crippen LogP contribution is -2.45. The number of likely N-dealkylation sites (N-methyl/N-ethyl adjacent to an activating group) is 2. The highest BCUT2D eigenvalue weighted by molar-refractivity contribution is 5.73. The van der Waals surface area contributed by atoms with Gasteiger partial charge in [0.15, 0.2) is 0 Å². The monoisotopic (exact) mass is 259 g/mol. The van der Waals surface area contributed by atoms with Crippen molar-refractivity contribution in [1.82, 2.24) is 15.1 Å². The minimum Gasteiger partial charge on any atom is -0.480 e. The third-order valence-electron chi connectivity index (χ3n) is 3.38. The maximum atomic E-state index is 11.0. The zero-order chi connectivity index (χ0) is 14.0. The summed E-state index contributed by atoms with van der Waals surface area (Å²) >= 11 is 0. The molecule has 0 aliphatic carbocycles. The minimum atomic E-state index is -0.778. The summed E-state index contributed by atoms with van der Waals surface area (Å²) in [4.78, 5) is 15.5. The first kappa shape index (κ1) is 17.4. The number of rotatable bonds is 11. The number of nitrogens with zero attached hydrogens (tertiary/aromatic N) is 2. The van der Waals surface area contributed by atoms with E-state index >= 15 is 0 Å². The Morgan fingerprint density at radius 2 is 1.61 bits per heavy atom. The Morgan fingerprint density at radius 1 is 1.11 bits per heavy atom. The van der Waals surface area contributed by atoms with Gasteiger partial charge in [0, 0.05) is 6.54 Å². The van der Waals surface area contributed by atoms with E-state index < -0.39 is 12.0 Å². The molecular weight excluding hydrogens is 230 g/mol. The molecule has 1 unspecified atom stereocenters. The molecule has 2 N–H and O–H groups in total. The van der Waals surface area contributed by atoms with Crippen molar-refractivity contribution in [2.45, 2.75) is 33.2 Å². The molecule has 18 heavy (non-hydrogen) atoms. The standard InChI is InChI=1S/C13H29N3O2/c1-5-15(6-2)9-8-10-16(7-3)11-12(14-4)13(17)18/h12,14H,5-11H2,1-4H3,(H,17,18). The second-order valence-corrected chi connectivity index (χ2v) is 4.45. The van der Waals surface area contributed by atoms with E-state index in [0.29, 0.717) is 6.54 Å². The Labute approximate surface area is 111 Å². The highest BCUT2D eigenvalue weighted by Crippen LogP contribution is 1.98.